The van der Waals surface area contributed by atoms with Gasteiger partial charge in [-0.15, -0.1) is 0 Å². The van der Waals surface area contributed by atoms with E-state index in [9.17, 15) is 14.4 Å². The van der Waals surface area contributed by atoms with Crippen LogP contribution in [0.4, 0.5) is 11.4 Å². The number of methoxy groups -OCH3 is 1. The molecule has 10 heteroatoms. The number of aliphatic imine (C=N–C) groups is 2. The van der Waals surface area contributed by atoms with E-state index in [4.69, 9.17) is 4.74 Å². The molecule has 0 saturated carbocycles. The maximum absolute atomic E-state index is 13.3. The maximum Gasteiger partial charge on any atom is 0.259 e. The van der Waals surface area contributed by atoms with Gasteiger partial charge in [-0.25, -0.2) is 9.89 Å². The molecule has 2 heterocycles. The Bertz CT molecular complexity index is 1200. The summed E-state index contributed by atoms with van der Waals surface area (Å²) in [6, 6.07) is 13.7. The third kappa shape index (κ3) is 5.54. The highest BCUT2D eigenvalue weighted by atomic mass is 32.2. The fourth-order valence-electron chi connectivity index (χ4n) is 3.75. The molecule has 0 unspecified atom stereocenters. The van der Waals surface area contributed by atoms with Crippen molar-refractivity contribution in [3.8, 4) is 5.75 Å². The summed E-state index contributed by atoms with van der Waals surface area (Å²) in [6.07, 6.45) is 1.82. The van der Waals surface area contributed by atoms with Crippen molar-refractivity contribution >= 4 is 51.9 Å². The Morgan fingerprint density at radius 3 is 2.69 bits per heavy atom. The average molecular weight is 494 g/mol. The van der Waals surface area contributed by atoms with Gasteiger partial charge in [0.2, 0.25) is 11.8 Å². The lowest BCUT2D eigenvalue weighted by molar-refractivity contribution is -0.128. The van der Waals surface area contributed by atoms with Crippen molar-refractivity contribution in [1.29, 1.82) is 0 Å². The van der Waals surface area contributed by atoms with Gasteiger partial charge in [-0.05, 0) is 30.7 Å². The molecule has 0 radical (unpaired) electrons. The summed E-state index contributed by atoms with van der Waals surface area (Å²) in [5.41, 5.74) is 1.94. The lowest BCUT2D eigenvalue weighted by Crippen LogP contribution is -2.42. The van der Waals surface area contributed by atoms with Gasteiger partial charge in [-0.2, -0.15) is 0 Å². The van der Waals surface area contributed by atoms with Gasteiger partial charge in [0.05, 0.1) is 30.7 Å². The number of carbonyl (C=O) groups is 3. The zero-order valence-electron chi connectivity index (χ0n) is 19.6. The summed E-state index contributed by atoms with van der Waals surface area (Å²) >= 11 is 1.14. The highest BCUT2D eigenvalue weighted by Crippen LogP contribution is 2.34. The molecule has 2 aliphatic rings. The maximum atomic E-state index is 13.3. The minimum atomic E-state index is -0.828. The third-order valence-corrected chi connectivity index (χ3v) is 6.43. The molecule has 1 atom stereocenters. The summed E-state index contributed by atoms with van der Waals surface area (Å²) in [5, 5.41) is 6.02. The molecule has 0 fully saturated rings. The Morgan fingerprint density at radius 2 is 1.89 bits per heavy atom. The third-order valence-electron chi connectivity index (χ3n) is 5.49. The standard InChI is InChI=1S/C25H27N5O4S/c1-3-4-13-26-21(31)14-19-24(33)30-23(28-19)16-9-5-6-10-17(16)29-25(30)35-15-22(32)27-18-11-7-8-12-20(18)34-2/h5-12,19H,3-4,13-15H2,1-2H3,(H,26,31)(H,27,32)/t19-/m0/s1. The molecule has 2 aromatic carbocycles. The normalized spacial score (nSPS) is 16.1. The van der Waals surface area contributed by atoms with Gasteiger partial charge in [0.1, 0.15) is 17.6 Å². The monoisotopic (exact) mass is 493 g/mol. The van der Waals surface area contributed by atoms with E-state index in [1.165, 1.54) is 12.0 Å². The number of nitrogens with one attached hydrogen (secondary N) is 2. The molecule has 4 rings (SSSR count). The molecular weight excluding hydrogens is 466 g/mol. The van der Waals surface area contributed by atoms with Gasteiger partial charge < -0.3 is 15.4 Å². The first-order chi connectivity index (χ1) is 17.0. The van der Waals surface area contributed by atoms with Crippen molar-refractivity contribution in [2.75, 3.05) is 24.7 Å². The van der Waals surface area contributed by atoms with Crippen molar-refractivity contribution in [3.05, 3.63) is 54.1 Å². The largest absolute Gasteiger partial charge is 0.495 e. The summed E-state index contributed by atoms with van der Waals surface area (Å²) in [5.74, 6) is 0.239. The molecule has 182 valence electrons. The predicted molar refractivity (Wildman–Crippen MR) is 137 cm³/mol. The number of amidine groups is 2. The number of ether oxygens (including phenoxy) is 1. The quantitative estimate of drug-likeness (QED) is 0.521. The number of benzene rings is 2. The van der Waals surface area contributed by atoms with Crippen molar-refractivity contribution in [1.82, 2.24) is 10.2 Å². The van der Waals surface area contributed by atoms with E-state index in [2.05, 4.69) is 20.6 Å². The first kappa shape index (κ1) is 24.5. The smallest absolute Gasteiger partial charge is 0.259 e. The summed E-state index contributed by atoms with van der Waals surface area (Å²) in [7, 11) is 1.54. The Balaban J connectivity index is 1.49. The molecule has 2 N–H and O–H groups in total. The van der Waals surface area contributed by atoms with Crippen LogP contribution in [0.15, 0.2) is 58.5 Å². The van der Waals surface area contributed by atoms with Crippen LogP contribution >= 0.6 is 11.8 Å². The van der Waals surface area contributed by atoms with E-state index < -0.39 is 6.04 Å². The minimum Gasteiger partial charge on any atom is -0.495 e. The van der Waals surface area contributed by atoms with Gasteiger partial charge in [0, 0.05) is 12.1 Å². The van der Waals surface area contributed by atoms with Crippen LogP contribution in [-0.4, -0.2) is 59.1 Å². The number of fused-ring (bicyclic) bond motifs is 3. The second-order valence-corrected chi connectivity index (χ2v) is 8.94. The number of rotatable bonds is 9. The molecule has 0 spiro atoms. The number of thioether (sulfide) groups is 1. The van der Waals surface area contributed by atoms with Crippen LogP contribution in [0.3, 0.4) is 0 Å². The van der Waals surface area contributed by atoms with Gasteiger partial charge in [-0.3, -0.25) is 19.4 Å². The number of unbranched alkanes of at least 4 members (excludes halogenated alkanes) is 1. The van der Waals surface area contributed by atoms with E-state index >= 15 is 0 Å². The van der Waals surface area contributed by atoms with Crippen LogP contribution in [0.1, 0.15) is 31.7 Å². The van der Waals surface area contributed by atoms with Crippen molar-refractivity contribution in [3.63, 3.8) is 0 Å². The minimum absolute atomic E-state index is 0.0261. The SMILES string of the molecule is CCCCNC(=O)C[C@@H]1N=C2c3ccccc3N=C(SCC(=O)Nc3ccccc3OC)N2C1=O. The molecule has 2 aliphatic heterocycles. The zero-order chi connectivity index (χ0) is 24.8. The molecular formula is C25H27N5O4S. The number of para-hydroxylation sites is 3. The lowest BCUT2D eigenvalue weighted by atomic mass is 10.1. The molecule has 0 aliphatic carbocycles. The Hall–Kier alpha value is -3.66. The van der Waals surface area contributed by atoms with E-state index in [0.717, 1.165) is 30.2 Å². The van der Waals surface area contributed by atoms with E-state index in [-0.39, 0.29) is 29.9 Å². The van der Waals surface area contributed by atoms with Crippen LogP contribution < -0.4 is 15.4 Å². The Morgan fingerprint density at radius 1 is 1.11 bits per heavy atom. The number of hydrogen-bond acceptors (Lipinski definition) is 7. The average Bonchev–Trinajstić information content (AvgIpc) is 3.19. The van der Waals surface area contributed by atoms with Crippen LogP contribution in [0.25, 0.3) is 0 Å². The van der Waals surface area contributed by atoms with Crippen molar-refractivity contribution in [2.45, 2.75) is 32.2 Å². The molecule has 0 saturated heterocycles. The molecule has 0 aromatic heterocycles. The van der Waals surface area contributed by atoms with Crippen LogP contribution in [0.5, 0.6) is 5.75 Å². The zero-order valence-corrected chi connectivity index (χ0v) is 20.4. The number of anilines is 1. The second-order valence-electron chi connectivity index (χ2n) is 8.00. The summed E-state index contributed by atoms with van der Waals surface area (Å²) in [4.78, 5) is 48.9. The number of carbonyl (C=O) groups excluding carboxylic acids is 3. The highest BCUT2D eigenvalue weighted by molar-refractivity contribution is 8.14. The van der Waals surface area contributed by atoms with Gasteiger partial charge in [0.15, 0.2) is 5.17 Å². The fraction of sp³-hybridized carbons (Fsp3) is 0.320. The summed E-state index contributed by atoms with van der Waals surface area (Å²) < 4.78 is 5.28. The Kier molecular flexibility index (Phi) is 7.81. The number of nitrogens with zero attached hydrogens (tertiary/aromatic N) is 3. The van der Waals surface area contributed by atoms with E-state index in [0.29, 0.717) is 34.7 Å². The van der Waals surface area contributed by atoms with Crippen LogP contribution in [-0.2, 0) is 14.4 Å². The van der Waals surface area contributed by atoms with Crippen LogP contribution in [0.2, 0.25) is 0 Å². The first-order valence-corrected chi connectivity index (χ1v) is 12.4. The Labute approximate surface area is 208 Å². The van der Waals surface area contributed by atoms with E-state index in [1.54, 1.807) is 18.2 Å². The second kappa shape index (κ2) is 11.2. The molecule has 9 nitrogen and oxygen atoms in total. The fourth-order valence-corrected chi connectivity index (χ4v) is 4.55. The molecule has 35 heavy (non-hydrogen) atoms. The molecule has 2 aromatic rings. The van der Waals surface area contributed by atoms with Crippen molar-refractivity contribution < 1.29 is 19.1 Å². The number of hydrogen-bond donors (Lipinski definition) is 2. The first-order valence-electron chi connectivity index (χ1n) is 11.4. The summed E-state index contributed by atoms with van der Waals surface area (Å²) in [6.45, 7) is 2.62. The van der Waals surface area contributed by atoms with Crippen LogP contribution in [0, 0.1) is 0 Å². The highest BCUT2D eigenvalue weighted by Gasteiger charge is 2.42. The van der Waals surface area contributed by atoms with Gasteiger partial charge in [-0.1, -0.05) is 49.4 Å². The van der Waals surface area contributed by atoms with Gasteiger partial charge in [0.25, 0.3) is 5.91 Å². The lowest BCUT2D eigenvalue weighted by Gasteiger charge is -2.25. The van der Waals surface area contributed by atoms with E-state index in [1.807, 2.05) is 37.3 Å². The topological polar surface area (TPSA) is 112 Å². The van der Waals surface area contributed by atoms with Gasteiger partial charge >= 0.3 is 0 Å². The molecule has 3 amide bonds. The number of amides is 3. The predicted octanol–water partition coefficient (Wildman–Crippen LogP) is 3.33. The van der Waals surface area contributed by atoms with Crippen molar-refractivity contribution in [2.24, 2.45) is 9.98 Å². The molecule has 0 bridgehead atoms.